The minimum atomic E-state index is -1.50. The van der Waals surface area contributed by atoms with Gasteiger partial charge in [0.25, 0.3) is 0 Å². The van der Waals surface area contributed by atoms with Crippen molar-refractivity contribution in [3.63, 3.8) is 0 Å². The lowest BCUT2D eigenvalue weighted by Gasteiger charge is -2.32. The van der Waals surface area contributed by atoms with Crippen molar-refractivity contribution in [2.45, 2.75) is 85.9 Å². The minimum Gasteiger partial charge on any atom is -0.399 e. The van der Waals surface area contributed by atoms with Crippen molar-refractivity contribution < 1.29 is 9.31 Å². The highest BCUT2D eigenvalue weighted by atomic mass is 28.3. The van der Waals surface area contributed by atoms with Gasteiger partial charge in [0, 0.05) is 38.3 Å². The Kier molecular flexibility index (Phi) is 6.88. The SMILES string of the molecule is Cc1c(C#C[Si](C)(C)C)c(C)c(B2OC(C)(C)C(C)(C)O2)c(C)c1CN1CCNCC1. The van der Waals surface area contributed by atoms with Crippen molar-refractivity contribution in [2.24, 2.45) is 0 Å². The van der Waals surface area contributed by atoms with Crippen LogP contribution in [0.1, 0.15) is 55.5 Å². The molecule has 3 rings (SSSR count). The molecule has 1 aromatic rings. The van der Waals surface area contributed by atoms with Gasteiger partial charge in [-0.2, -0.15) is 0 Å². The molecule has 0 aliphatic carbocycles. The predicted molar refractivity (Wildman–Crippen MR) is 135 cm³/mol. The van der Waals surface area contributed by atoms with Crippen LogP contribution in [-0.4, -0.2) is 57.5 Å². The Hall–Kier alpha value is -1.10. The predicted octanol–water partition coefficient (Wildman–Crippen LogP) is 3.55. The molecule has 0 spiro atoms. The normalized spacial score (nSPS) is 21.2. The molecule has 0 aromatic heterocycles. The lowest BCUT2D eigenvalue weighted by Crippen LogP contribution is -2.44. The second kappa shape index (κ2) is 8.68. The number of hydrogen-bond acceptors (Lipinski definition) is 4. The molecule has 31 heavy (non-hydrogen) atoms. The Labute approximate surface area is 191 Å². The van der Waals surface area contributed by atoms with Crippen LogP contribution in [0.2, 0.25) is 19.6 Å². The molecule has 2 aliphatic heterocycles. The fourth-order valence-corrected chi connectivity index (χ4v) is 4.87. The van der Waals surface area contributed by atoms with Gasteiger partial charge in [-0.05, 0) is 76.2 Å². The van der Waals surface area contributed by atoms with Crippen molar-refractivity contribution in [3.05, 3.63) is 27.8 Å². The maximum absolute atomic E-state index is 6.51. The van der Waals surface area contributed by atoms with E-state index in [9.17, 15) is 0 Å². The average molecular weight is 441 g/mol. The van der Waals surface area contributed by atoms with E-state index in [2.05, 4.69) is 89.8 Å². The Bertz CT molecular complexity index is 887. The van der Waals surface area contributed by atoms with Crippen LogP contribution in [0.25, 0.3) is 0 Å². The third-order valence-corrected chi connectivity index (χ3v) is 7.98. The smallest absolute Gasteiger partial charge is 0.399 e. The molecule has 0 bridgehead atoms. The molecule has 170 valence electrons. The van der Waals surface area contributed by atoms with Crippen LogP contribution >= 0.6 is 0 Å². The highest BCUT2D eigenvalue weighted by Crippen LogP contribution is 2.37. The van der Waals surface area contributed by atoms with Gasteiger partial charge in [-0.25, -0.2) is 0 Å². The Morgan fingerprint density at radius 2 is 1.48 bits per heavy atom. The second-order valence-corrected chi connectivity index (χ2v) is 16.0. The summed E-state index contributed by atoms with van der Waals surface area (Å²) in [5, 5.41) is 3.46. The lowest BCUT2D eigenvalue weighted by atomic mass is 9.70. The number of piperazine rings is 1. The number of nitrogens with one attached hydrogen (secondary N) is 1. The van der Waals surface area contributed by atoms with Crippen molar-refractivity contribution in [2.75, 3.05) is 26.2 Å². The Morgan fingerprint density at radius 3 is 2.00 bits per heavy atom. The summed E-state index contributed by atoms with van der Waals surface area (Å²) in [6.07, 6.45) is 0. The number of hydrogen-bond donors (Lipinski definition) is 1. The number of benzene rings is 1. The Morgan fingerprint density at radius 1 is 0.935 bits per heavy atom. The summed E-state index contributed by atoms with van der Waals surface area (Å²) in [5.41, 5.74) is 10.4. The molecule has 4 nitrogen and oxygen atoms in total. The molecule has 0 radical (unpaired) electrons. The summed E-state index contributed by atoms with van der Waals surface area (Å²) in [7, 11) is -1.86. The first-order valence-electron chi connectivity index (χ1n) is 11.7. The Balaban J connectivity index is 2.14. The van der Waals surface area contributed by atoms with E-state index in [1.165, 1.54) is 33.3 Å². The molecule has 2 heterocycles. The molecule has 0 unspecified atom stereocenters. The minimum absolute atomic E-state index is 0.357. The third kappa shape index (κ3) is 5.12. The summed E-state index contributed by atoms with van der Waals surface area (Å²) >= 11 is 0. The lowest BCUT2D eigenvalue weighted by molar-refractivity contribution is 0.00578. The van der Waals surface area contributed by atoms with Crippen LogP contribution < -0.4 is 10.8 Å². The van der Waals surface area contributed by atoms with E-state index in [1.54, 1.807) is 0 Å². The third-order valence-electron chi connectivity index (χ3n) is 7.11. The van der Waals surface area contributed by atoms with Gasteiger partial charge in [-0.1, -0.05) is 25.6 Å². The van der Waals surface area contributed by atoms with E-state index in [0.29, 0.717) is 0 Å². The largest absolute Gasteiger partial charge is 0.495 e. The molecule has 1 N–H and O–H groups in total. The van der Waals surface area contributed by atoms with E-state index < -0.39 is 8.07 Å². The molecule has 1 aromatic carbocycles. The van der Waals surface area contributed by atoms with E-state index in [4.69, 9.17) is 9.31 Å². The summed E-state index contributed by atoms with van der Waals surface area (Å²) in [4.78, 5) is 2.55. The molecule has 6 heteroatoms. The van der Waals surface area contributed by atoms with Crippen molar-refractivity contribution in [1.82, 2.24) is 10.2 Å². The quantitative estimate of drug-likeness (QED) is 0.576. The first kappa shape index (κ1) is 24.5. The van der Waals surface area contributed by atoms with Crippen LogP contribution in [0.4, 0.5) is 0 Å². The highest BCUT2D eigenvalue weighted by Gasteiger charge is 2.52. The summed E-state index contributed by atoms with van der Waals surface area (Å²) in [5.74, 6) is 3.60. The first-order chi connectivity index (χ1) is 14.2. The summed E-state index contributed by atoms with van der Waals surface area (Å²) in [6, 6.07) is 0. The van der Waals surface area contributed by atoms with Crippen molar-refractivity contribution >= 4 is 20.7 Å². The summed E-state index contributed by atoms with van der Waals surface area (Å²) in [6.45, 7) is 27.3. The highest BCUT2D eigenvalue weighted by molar-refractivity contribution is 6.83. The zero-order chi connectivity index (χ0) is 23.2. The van der Waals surface area contributed by atoms with Gasteiger partial charge in [0.2, 0.25) is 0 Å². The van der Waals surface area contributed by atoms with Gasteiger partial charge in [0.05, 0.1) is 11.2 Å². The van der Waals surface area contributed by atoms with Crippen LogP contribution in [-0.2, 0) is 15.9 Å². The van der Waals surface area contributed by atoms with Gasteiger partial charge in [0.15, 0.2) is 0 Å². The number of nitrogens with zero attached hydrogens (tertiary/aromatic N) is 1. The molecule has 2 fully saturated rings. The molecule has 0 saturated carbocycles. The van der Waals surface area contributed by atoms with Gasteiger partial charge >= 0.3 is 7.12 Å². The maximum Gasteiger partial charge on any atom is 0.495 e. The molecule has 0 atom stereocenters. The van der Waals surface area contributed by atoms with Gasteiger partial charge < -0.3 is 14.6 Å². The fraction of sp³-hybridized carbons (Fsp3) is 0.680. The standard InChI is InChI=1S/C25H41BN2O2Si/c1-18-21(11-16-31(8,9)10)19(2)23(26-29-24(4,5)25(6,7)30-26)20(3)22(18)17-28-14-12-27-13-15-28/h27H,12-15,17H2,1-10H3. The van der Waals surface area contributed by atoms with Crippen LogP contribution in [0, 0.1) is 32.2 Å². The second-order valence-electron chi connectivity index (χ2n) is 11.3. The van der Waals surface area contributed by atoms with E-state index in [-0.39, 0.29) is 18.3 Å². The topological polar surface area (TPSA) is 33.7 Å². The first-order valence-corrected chi connectivity index (χ1v) is 15.2. The molecule has 0 amide bonds. The van der Waals surface area contributed by atoms with Gasteiger partial charge in [-0.15, -0.1) is 5.54 Å². The molecular weight excluding hydrogens is 399 g/mol. The van der Waals surface area contributed by atoms with E-state index >= 15 is 0 Å². The van der Waals surface area contributed by atoms with E-state index in [1.807, 2.05) is 0 Å². The fourth-order valence-electron chi connectivity index (χ4n) is 4.37. The maximum atomic E-state index is 6.51. The zero-order valence-corrected chi connectivity index (χ0v) is 22.4. The monoisotopic (exact) mass is 440 g/mol. The average Bonchev–Trinajstić information content (AvgIpc) is 2.85. The van der Waals surface area contributed by atoms with Crippen molar-refractivity contribution in [1.29, 1.82) is 0 Å². The summed E-state index contributed by atoms with van der Waals surface area (Å²) < 4.78 is 13.0. The van der Waals surface area contributed by atoms with Gasteiger partial charge in [0.1, 0.15) is 8.07 Å². The van der Waals surface area contributed by atoms with Crippen LogP contribution in [0.5, 0.6) is 0 Å². The zero-order valence-electron chi connectivity index (χ0n) is 21.4. The molecule has 2 saturated heterocycles. The van der Waals surface area contributed by atoms with E-state index in [0.717, 1.165) is 32.7 Å². The van der Waals surface area contributed by atoms with Gasteiger partial charge in [-0.3, -0.25) is 4.90 Å². The molecular formula is C25H41BN2O2Si. The molecule has 2 aliphatic rings. The number of rotatable bonds is 3. The van der Waals surface area contributed by atoms with Crippen molar-refractivity contribution in [3.8, 4) is 11.5 Å². The van der Waals surface area contributed by atoms with Crippen LogP contribution in [0.3, 0.4) is 0 Å². The van der Waals surface area contributed by atoms with Crippen LogP contribution in [0.15, 0.2) is 0 Å².